The second kappa shape index (κ2) is 8.37. The molecule has 1 aliphatic heterocycles. The molecule has 1 aromatic carbocycles. The highest BCUT2D eigenvalue weighted by Crippen LogP contribution is 2.26. The molecule has 2 heterocycles. The number of hydrogen-bond donors (Lipinski definition) is 0. The van der Waals surface area contributed by atoms with Gasteiger partial charge in [-0.15, -0.1) is 0 Å². The van der Waals surface area contributed by atoms with Gasteiger partial charge in [0.05, 0.1) is 6.10 Å². The van der Waals surface area contributed by atoms with Crippen molar-refractivity contribution in [3.63, 3.8) is 0 Å². The van der Waals surface area contributed by atoms with Gasteiger partial charge in [-0.05, 0) is 25.3 Å². The fourth-order valence-corrected chi connectivity index (χ4v) is 4.79. The summed E-state index contributed by atoms with van der Waals surface area (Å²) in [6, 6.07) is 11.0. The quantitative estimate of drug-likeness (QED) is 0.725. The van der Waals surface area contributed by atoms with Gasteiger partial charge in [-0.1, -0.05) is 30.3 Å². The molecule has 0 N–H and O–H groups in total. The number of nitrogens with zero attached hydrogens (tertiary/aromatic N) is 1. The van der Waals surface area contributed by atoms with Crippen LogP contribution in [-0.4, -0.2) is 44.8 Å². The first kappa shape index (κ1) is 19.8. The van der Waals surface area contributed by atoms with Crippen LogP contribution in [0.1, 0.15) is 29.7 Å². The number of Topliss-reactive ketones (excluding diaryl/α,β-unsaturated/α-hetero) is 1. The largest absolute Gasteiger partial charge is 0.448 e. The molecule has 0 saturated carbocycles. The number of methoxy groups -OCH3 is 1. The predicted molar refractivity (Wildman–Crippen MR) is 101 cm³/mol. The lowest BCUT2D eigenvalue weighted by Crippen LogP contribution is -2.40. The summed E-state index contributed by atoms with van der Waals surface area (Å²) in [5.74, 6) is 0.497. The van der Waals surface area contributed by atoms with Crippen molar-refractivity contribution in [2.24, 2.45) is 0 Å². The van der Waals surface area contributed by atoms with Gasteiger partial charge < -0.3 is 9.15 Å². The summed E-state index contributed by atoms with van der Waals surface area (Å²) in [7, 11) is -2.05. The molecule has 1 aliphatic rings. The SMILES string of the molecule is COC1CCN(S(=O)(=O)c2cc(CC(=O)Cc3ccccc3)c(C)o2)CC1. The van der Waals surface area contributed by atoms with Crippen LogP contribution in [0.2, 0.25) is 0 Å². The maximum absolute atomic E-state index is 12.8. The number of carbonyl (C=O) groups is 1. The Bertz CT molecular complexity index is 880. The molecule has 0 atom stereocenters. The summed E-state index contributed by atoms with van der Waals surface area (Å²) in [5.41, 5.74) is 1.57. The highest BCUT2D eigenvalue weighted by atomic mass is 32.2. The average molecular weight is 391 g/mol. The van der Waals surface area contributed by atoms with E-state index >= 15 is 0 Å². The van der Waals surface area contributed by atoms with Crippen LogP contribution in [0.4, 0.5) is 0 Å². The molecular formula is C20H25NO5S. The number of benzene rings is 1. The first-order chi connectivity index (χ1) is 12.9. The number of carbonyl (C=O) groups excluding carboxylic acids is 1. The van der Waals surface area contributed by atoms with Crippen molar-refractivity contribution in [2.75, 3.05) is 20.2 Å². The third-order valence-corrected chi connectivity index (χ3v) is 6.71. The van der Waals surface area contributed by atoms with Crippen molar-refractivity contribution < 1.29 is 22.4 Å². The fraction of sp³-hybridized carbons (Fsp3) is 0.450. The topological polar surface area (TPSA) is 76.8 Å². The lowest BCUT2D eigenvalue weighted by molar-refractivity contribution is -0.117. The Balaban J connectivity index is 1.69. The fourth-order valence-electron chi connectivity index (χ4n) is 3.33. The highest BCUT2D eigenvalue weighted by Gasteiger charge is 2.32. The number of hydrogen-bond acceptors (Lipinski definition) is 5. The van der Waals surface area contributed by atoms with E-state index in [4.69, 9.17) is 9.15 Å². The summed E-state index contributed by atoms with van der Waals surface area (Å²) in [6.07, 6.45) is 1.90. The smallest absolute Gasteiger partial charge is 0.276 e. The molecule has 2 aromatic rings. The van der Waals surface area contributed by atoms with Crippen LogP contribution in [0, 0.1) is 6.92 Å². The van der Waals surface area contributed by atoms with Gasteiger partial charge in [-0.3, -0.25) is 4.79 Å². The highest BCUT2D eigenvalue weighted by molar-refractivity contribution is 7.89. The van der Waals surface area contributed by atoms with Gasteiger partial charge in [0.25, 0.3) is 10.0 Å². The summed E-state index contributed by atoms with van der Waals surface area (Å²) in [6.45, 7) is 2.51. The van der Waals surface area contributed by atoms with Crippen LogP contribution in [-0.2, 0) is 32.4 Å². The molecule has 0 amide bonds. The lowest BCUT2D eigenvalue weighted by Gasteiger charge is -2.29. The first-order valence-electron chi connectivity index (χ1n) is 9.08. The number of rotatable bonds is 7. The van der Waals surface area contributed by atoms with Crippen molar-refractivity contribution in [1.82, 2.24) is 4.31 Å². The van der Waals surface area contributed by atoms with Gasteiger partial charge in [0.2, 0.25) is 5.09 Å². The van der Waals surface area contributed by atoms with E-state index in [0.29, 0.717) is 43.7 Å². The number of piperidine rings is 1. The molecule has 6 nitrogen and oxygen atoms in total. The van der Waals surface area contributed by atoms with E-state index in [1.165, 1.54) is 10.4 Å². The Morgan fingerprint density at radius 1 is 1.19 bits per heavy atom. The molecule has 0 aliphatic carbocycles. The molecule has 1 fully saturated rings. The maximum atomic E-state index is 12.8. The van der Waals surface area contributed by atoms with Crippen LogP contribution in [0.5, 0.6) is 0 Å². The van der Waals surface area contributed by atoms with Crippen molar-refractivity contribution in [3.8, 4) is 0 Å². The summed E-state index contributed by atoms with van der Waals surface area (Å²) in [5, 5.41) is -0.0848. The van der Waals surface area contributed by atoms with Crippen LogP contribution >= 0.6 is 0 Å². The Labute approximate surface area is 160 Å². The predicted octanol–water partition coefficient (Wildman–Crippen LogP) is 2.74. The Morgan fingerprint density at radius 2 is 1.85 bits per heavy atom. The zero-order chi connectivity index (χ0) is 19.4. The Kier molecular flexibility index (Phi) is 6.14. The van der Waals surface area contributed by atoms with Crippen LogP contribution in [0.15, 0.2) is 45.9 Å². The Morgan fingerprint density at radius 3 is 2.48 bits per heavy atom. The molecule has 0 unspecified atom stereocenters. The van der Waals surface area contributed by atoms with Crippen LogP contribution in [0.3, 0.4) is 0 Å². The van der Waals surface area contributed by atoms with Gasteiger partial charge >= 0.3 is 0 Å². The second-order valence-corrected chi connectivity index (χ2v) is 8.73. The standard InChI is InChI=1S/C20H25NO5S/c1-15-17(13-18(22)12-16-6-4-3-5-7-16)14-20(26-15)27(23,24)21-10-8-19(25-2)9-11-21/h3-7,14,19H,8-13H2,1-2H3. The maximum Gasteiger partial charge on any atom is 0.276 e. The molecular weight excluding hydrogens is 366 g/mol. The normalized spacial score (nSPS) is 16.5. The van der Waals surface area contributed by atoms with Gasteiger partial charge in [-0.25, -0.2) is 8.42 Å². The molecule has 1 saturated heterocycles. The number of ketones is 1. The summed E-state index contributed by atoms with van der Waals surface area (Å²) < 4.78 is 37.9. The van der Waals surface area contributed by atoms with E-state index in [1.54, 1.807) is 14.0 Å². The van der Waals surface area contributed by atoms with E-state index < -0.39 is 10.0 Å². The van der Waals surface area contributed by atoms with E-state index in [-0.39, 0.29) is 23.4 Å². The van der Waals surface area contributed by atoms with Gasteiger partial charge in [0.1, 0.15) is 11.5 Å². The van der Waals surface area contributed by atoms with Crippen molar-refractivity contribution in [3.05, 3.63) is 53.3 Å². The third-order valence-electron chi connectivity index (χ3n) is 4.96. The molecule has 27 heavy (non-hydrogen) atoms. The van der Waals surface area contributed by atoms with E-state index in [2.05, 4.69) is 0 Å². The minimum Gasteiger partial charge on any atom is -0.448 e. The van der Waals surface area contributed by atoms with Crippen molar-refractivity contribution in [1.29, 1.82) is 0 Å². The minimum atomic E-state index is -3.69. The van der Waals surface area contributed by atoms with E-state index in [1.807, 2.05) is 30.3 Å². The number of furan rings is 1. The molecule has 1 aromatic heterocycles. The number of ether oxygens (including phenoxy) is 1. The Hall–Kier alpha value is -1.96. The average Bonchev–Trinajstić information content (AvgIpc) is 3.03. The zero-order valence-electron chi connectivity index (χ0n) is 15.7. The second-order valence-electron chi connectivity index (χ2n) is 6.86. The molecule has 7 heteroatoms. The van der Waals surface area contributed by atoms with Crippen LogP contribution < -0.4 is 0 Å². The van der Waals surface area contributed by atoms with Crippen molar-refractivity contribution >= 4 is 15.8 Å². The van der Waals surface area contributed by atoms with Crippen molar-refractivity contribution in [2.45, 2.75) is 43.8 Å². The molecule has 0 bridgehead atoms. The van der Waals surface area contributed by atoms with Gasteiger partial charge in [0, 0.05) is 44.7 Å². The van der Waals surface area contributed by atoms with Gasteiger partial charge in [-0.2, -0.15) is 4.31 Å². The first-order valence-corrected chi connectivity index (χ1v) is 10.5. The zero-order valence-corrected chi connectivity index (χ0v) is 16.5. The monoisotopic (exact) mass is 391 g/mol. The third kappa shape index (κ3) is 4.66. The molecule has 0 radical (unpaired) electrons. The lowest BCUT2D eigenvalue weighted by atomic mass is 10.0. The van der Waals surface area contributed by atoms with E-state index in [9.17, 15) is 13.2 Å². The number of aryl methyl sites for hydroxylation is 1. The molecule has 146 valence electrons. The molecule has 0 spiro atoms. The van der Waals surface area contributed by atoms with E-state index in [0.717, 1.165) is 5.56 Å². The van der Waals surface area contributed by atoms with Gasteiger partial charge in [0.15, 0.2) is 0 Å². The number of sulfonamides is 1. The molecule has 3 rings (SSSR count). The summed E-state index contributed by atoms with van der Waals surface area (Å²) >= 11 is 0. The minimum absolute atomic E-state index is 0.0231. The van der Waals surface area contributed by atoms with Crippen LogP contribution in [0.25, 0.3) is 0 Å². The summed E-state index contributed by atoms with van der Waals surface area (Å²) in [4.78, 5) is 12.3.